The number of halogens is 2. The maximum Gasteiger partial charge on any atom is 0.264 e. The molecule has 4 rings (SSSR count). The standard InChI is InChI=1S/C36H39Cl2N3O5S/c1-3-5-23-39-36(43)33(24-27-15-8-6-9-16-27)40(25-29-30(37)19-14-20-31(29)38)35(42)26-41(32-21-12-13-22-34(32)46-4-2)47(44,45)28-17-10-7-11-18-28/h6-22,33H,3-5,23-26H2,1-2H3,(H,39,43)/t33-/m0/s1. The lowest BCUT2D eigenvalue weighted by Crippen LogP contribution is -2.53. The Morgan fingerprint density at radius 2 is 1.45 bits per heavy atom. The smallest absolute Gasteiger partial charge is 0.264 e. The zero-order valence-corrected chi connectivity index (χ0v) is 28.8. The number of rotatable bonds is 16. The number of sulfonamides is 1. The molecule has 4 aromatic rings. The van der Waals surface area contributed by atoms with Crippen molar-refractivity contribution in [1.29, 1.82) is 0 Å². The van der Waals surface area contributed by atoms with E-state index >= 15 is 0 Å². The summed E-state index contributed by atoms with van der Waals surface area (Å²) in [6.07, 6.45) is 1.80. The number of nitrogens with one attached hydrogen (secondary N) is 1. The van der Waals surface area contributed by atoms with Gasteiger partial charge in [0.2, 0.25) is 11.8 Å². The van der Waals surface area contributed by atoms with E-state index in [9.17, 15) is 18.0 Å². The van der Waals surface area contributed by atoms with Crippen LogP contribution in [-0.2, 0) is 32.6 Å². The summed E-state index contributed by atoms with van der Waals surface area (Å²) >= 11 is 13.2. The first kappa shape index (κ1) is 35.8. The second kappa shape index (κ2) is 17.2. The third kappa shape index (κ3) is 9.28. The lowest BCUT2D eigenvalue weighted by Gasteiger charge is -2.34. The summed E-state index contributed by atoms with van der Waals surface area (Å²) in [6, 6.07) is 27.9. The van der Waals surface area contributed by atoms with E-state index in [0.717, 1.165) is 22.7 Å². The van der Waals surface area contributed by atoms with Crippen LogP contribution >= 0.6 is 23.2 Å². The van der Waals surface area contributed by atoms with Gasteiger partial charge in [-0.3, -0.25) is 13.9 Å². The van der Waals surface area contributed by atoms with E-state index in [1.807, 2.05) is 37.3 Å². The highest BCUT2D eigenvalue weighted by molar-refractivity contribution is 7.92. The average molecular weight is 697 g/mol. The highest BCUT2D eigenvalue weighted by Gasteiger charge is 2.36. The lowest BCUT2D eigenvalue weighted by atomic mass is 10.0. The number of benzene rings is 4. The Hall–Kier alpha value is -4.05. The summed E-state index contributed by atoms with van der Waals surface area (Å²) in [6.45, 7) is 3.74. The SMILES string of the molecule is CCCCNC(=O)[C@H](Cc1ccccc1)N(Cc1c(Cl)cccc1Cl)C(=O)CN(c1ccccc1OCC)S(=O)(=O)c1ccccc1. The van der Waals surface area contributed by atoms with E-state index in [4.69, 9.17) is 27.9 Å². The normalized spacial score (nSPS) is 11.8. The lowest BCUT2D eigenvalue weighted by molar-refractivity contribution is -0.140. The van der Waals surface area contributed by atoms with E-state index < -0.39 is 28.5 Å². The summed E-state index contributed by atoms with van der Waals surface area (Å²) in [5.41, 5.74) is 1.45. The molecule has 8 nitrogen and oxygen atoms in total. The first-order valence-electron chi connectivity index (χ1n) is 15.5. The molecule has 0 aliphatic heterocycles. The minimum Gasteiger partial charge on any atom is -0.492 e. The van der Waals surface area contributed by atoms with Gasteiger partial charge in [0.15, 0.2) is 0 Å². The molecule has 0 heterocycles. The summed E-state index contributed by atoms with van der Waals surface area (Å²) < 4.78 is 35.4. The number of hydrogen-bond donors (Lipinski definition) is 1. The van der Waals surface area contributed by atoms with Crippen molar-refractivity contribution in [3.05, 3.63) is 124 Å². The van der Waals surface area contributed by atoms with Crippen LogP contribution in [0.4, 0.5) is 5.69 Å². The third-order valence-electron chi connectivity index (χ3n) is 7.53. The second-order valence-corrected chi connectivity index (χ2v) is 13.5. The van der Waals surface area contributed by atoms with E-state index in [-0.39, 0.29) is 36.1 Å². The number of carbonyl (C=O) groups excluding carboxylic acids is 2. The summed E-state index contributed by atoms with van der Waals surface area (Å²) in [7, 11) is -4.28. The van der Waals surface area contributed by atoms with E-state index in [2.05, 4.69) is 5.32 Å². The first-order valence-corrected chi connectivity index (χ1v) is 17.7. The maximum absolute atomic E-state index is 14.7. The van der Waals surface area contributed by atoms with Crippen molar-refractivity contribution >= 4 is 50.7 Å². The summed E-state index contributed by atoms with van der Waals surface area (Å²) in [5, 5.41) is 3.60. The number of amides is 2. The topological polar surface area (TPSA) is 96.0 Å². The molecule has 0 fully saturated rings. The Balaban J connectivity index is 1.85. The minimum atomic E-state index is -4.28. The van der Waals surface area contributed by atoms with Gasteiger partial charge >= 0.3 is 0 Å². The molecular weight excluding hydrogens is 657 g/mol. The van der Waals surface area contributed by atoms with Crippen molar-refractivity contribution in [2.24, 2.45) is 0 Å². The van der Waals surface area contributed by atoms with Crippen LogP contribution < -0.4 is 14.4 Å². The van der Waals surface area contributed by atoms with Crippen LogP contribution in [0.2, 0.25) is 10.0 Å². The van der Waals surface area contributed by atoms with Crippen molar-refractivity contribution in [1.82, 2.24) is 10.2 Å². The number of anilines is 1. The van der Waals surface area contributed by atoms with Crippen molar-refractivity contribution in [2.45, 2.75) is 50.6 Å². The van der Waals surface area contributed by atoms with Crippen molar-refractivity contribution < 1.29 is 22.7 Å². The maximum atomic E-state index is 14.7. The fraction of sp³-hybridized carbons (Fsp3) is 0.278. The summed E-state index contributed by atoms with van der Waals surface area (Å²) in [4.78, 5) is 30.0. The van der Waals surface area contributed by atoms with Gasteiger partial charge in [-0.15, -0.1) is 0 Å². The van der Waals surface area contributed by atoms with E-state index in [0.29, 0.717) is 27.9 Å². The fourth-order valence-electron chi connectivity index (χ4n) is 5.09. The number of nitrogens with zero attached hydrogens (tertiary/aromatic N) is 2. The van der Waals surface area contributed by atoms with Gasteiger partial charge in [0, 0.05) is 35.1 Å². The van der Waals surface area contributed by atoms with Crippen molar-refractivity contribution in [3.8, 4) is 5.75 Å². The van der Waals surface area contributed by atoms with Gasteiger partial charge in [0.1, 0.15) is 18.3 Å². The van der Waals surface area contributed by atoms with Gasteiger partial charge in [0.25, 0.3) is 10.0 Å². The second-order valence-electron chi connectivity index (χ2n) is 10.8. The molecule has 0 radical (unpaired) electrons. The number of hydrogen-bond acceptors (Lipinski definition) is 5. The zero-order chi connectivity index (χ0) is 33.8. The van der Waals surface area contributed by atoms with Crippen LogP contribution in [0.3, 0.4) is 0 Å². The summed E-state index contributed by atoms with van der Waals surface area (Å²) in [5.74, 6) is -0.703. The molecule has 47 heavy (non-hydrogen) atoms. The van der Waals surface area contributed by atoms with Crippen LogP contribution in [-0.4, -0.2) is 50.9 Å². The highest BCUT2D eigenvalue weighted by Crippen LogP contribution is 2.33. The molecule has 1 atom stereocenters. The van der Waals surface area contributed by atoms with E-state index in [1.54, 1.807) is 67.6 Å². The largest absolute Gasteiger partial charge is 0.492 e. The van der Waals surface area contributed by atoms with Gasteiger partial charge < -0.3 is 15.0 Å². The molecule has 0 bridgehead atoms. The first-order chi connectivity index (χ1) is 22.7. The average Bonchev–Trinajstić information content (AvgIpc) is 3.07. The molecule has 0 saturated heterocycles. The molecule has 11 heteroatoms. The van der Waals surface area contributed by atoms with Crippen LogP contribution in [0.15, 0.2) is 108 Å². The van der Waals surface area contributed by atoms with Gasteiger partial charge in [-0.05, 0) is 55.3 Å². The predicted molar refractivity (Wildman–Crippen MR) is 187 cm³/mol. The van der Waals surface area contributed by atoms with Crippen molar-refractivity contribution in [3.63, 3.8) is 0 Å². The van der Waals surface area contributed by atoms with Gasteiger partial charge in [-0.25, -0.2) is 8.42 Å². The molecule has 0 aliphatic carbocycles. The Bertz CT molecular complexity index is 1720. The molecule has 0 aliphatic rings. The van der Waals surface area contributed by atoms with Crippen molar-refractivity contribution in [2.75, 3.05) is 24.0 Å². The predicted octanol–water partition coefficient (Wildman–Crippen LogP) is 7.14. The number of ether oxygens (including phenoxy) is 1. The number of unbranched alkanes of at least 4 members (excludes halogenated alkanes) is 1. The van der Waals surface area contributed by atoms with Crippen LogP contribution in [0.25, 0.3) is 0 Å². The molecule has 4 aromatic carbocycles. The monoisotopic (exact) mass is 695 g/mol. The quantitative estimate of drug-likeness (QED) is 0.126. The van der Waals surface area contributed by atoms with Gasteiger partial charge in [0.05, 0.1) is 17.2 Å². The zero-order valence-electron chi connectivity index (χ0n) is 26.4. The minimum absolute atomic E-state index is 0.00190. The molecule has 0 saturated carbocycles. The van der Waals surface area contributed by atoms with Crippen LogP contribution in [0.5, 0.6) is 5.75 Å². The number of para-hydroxylation sites is 2. The molecule has 248 valence electrons. The Morgan fingerprint density at radius 3 is 2.09 bits per heavy atom. The molecule has 0 spiro atoms. The van der Waals surface area contributed by atoms with Gasteiger partial charge in [-0.2, -0.15) is 0 Å². The Morgan fingerprint density at radius 1 is 0.830 bits per heavy atom. The highest BCUT2D eigenvalue weighted by atomic mass is 35.5. The third-order valence-corrected chi connectivity index (χ3v) is 10.0. The molecule has 2 amide bonds. The molecule has 1 N–H and O–H groups in total. The number of carbonyl (C=O) groups is 2. The van der Waals surface area contributed by atoms with E-state index in [1.165, 1.54) is 17.0 Å². The van der Waals surface area contributed by atoms with Crippen LogP contribution in [0.1, 0.15) is 37.8 Å². The van der Waals surface area contributed by atoms with Gasteiger partial charge in [-0.1, -0.05) is 103 Å². The molecular formula is C36H39Cl2N3O5S. The Labute approximate surface area is 287 Å². The fourth-order valence-corrected chi connectivity index (χ4v) is 7.05. The molecule has 0 aromatic heterocycles. The molecule has 0 unspecified atom stereocenters. The van der Waals surface area contributed by atoms with Crippen LogP contribution in [0, 0.1) is 0 Å². The Kier molecular flexibility index (Phi) is 13.1.